The molecule has 1 fully saturated rings. The lowest BCUT2D eigenvalue weighted by Crippen LogP contribution is -2.01. The minimum atomic E-state index is -2.59. The molecular weight excluding hydrogens is 226 g/mol. The number of aromatic nitrogens is 4. The fourth-order valence-corrected chi connectivity index (χ4v) is 1.75. The van der Waals surface area contributed by atoms with Crippen molar-refractivity contribution in [3.05, 3.63) is 29.4 Å². The SMILES string of the molecule is CC1C/C1=C\c1cc(C(F)F)nc2ncnn12. The molecule has 88 valence electrons. The number of halogens is 2. The standard InChI is InChI=1S/C11H10F2N4/c1-6-2-7(6)3-8-4-9(10(12)13)16-11-14-5-15-17(8)11/h3-6,10H,2H2,1H3/b7-3+. The van der Waals surface area contributed by atoms with E-state index in [1.54, 1.807) is 0 Å². The van der Waals surface area contributed by atoms with Crippen molar-refractivity contribution < 1.29 is 8.78 Å². The summed E-state index contributed by atoms with van der Waals surface area (Å²) in [5.74, 6) is 0.750. The van der Waals surface area contributed by atoms with Crippen molar-refractivity contribution in [2.45, 2.75) is 19.8 Å². The number of allylic oxidation sites excluding steroid dienone is 1. The smallest absolute Gasteiger partial charge is 0.210 e. The van der Waals surface area contributed by atoms with Gasteiger partial charge in [0.2, 0.25) is 0 Å². The third kappa shape index (κ3) is 1.79. The number of hydrogen-bond acceptors (Lipinski definition) is 3. The van der Waals surface area contributed by atoms with Crippen LogP contribution in [0.4, 0.5) is 8.78 Å². The zero-order chi connectivity index (χ0) is 12.0. The zero-order valence-electron chi connectivity index (χ0n) is 9.14. The highest BCUT2D eigenvalue weighted by atomic mass is 19.3. The van der Waals surface area contributed by atoms with E-state index >= 15 is 0 Å². The average Bonchev–Trinajstić information content (AvgIpc) is 2.80. The number of alkyl halides is 2. The van der Waals surface area contributed by atoms with Crippen LogP contribution in [0.5, 0.6) is 0 Å². The average molecular weight is 236 g/mol. The summed E-state index contributed by atoms with van der Waals surface area (Å²) in [5, 5.41) is 3.98. The van der Waals surface area contributed by atoms with Gasteiger partial charge in [-0.05, 0) is 24.5 Å². The lowest BCUT2D eigenvalue weighted by atomic mass is 10.3. The number of nitrogens with zero attached hydrogens (tertiary/aromatic N) is 4. The van der Waals surface area contributed by atoms with E-state index in [0.717, 1.165) is 6.42 Å². The maximum absolute atomic E-state index is 12.7. The van der Waals surface area contributed by atoms with Gasteiger partial charge in [0.1, 0.15) is 12.0 Å². The molecule has 1 aliphatic rings. The predicted molar refractivity (Wildman–Crippen MR) is 57.5 cm³/mol. The van der Waals surface area contributed by atoms with E-state index in [1.165, 1.54) is 22.5 Å². The topological polar surface area (TPSA) is 43.1 Å². The van der Waals surface area contributed by atoms with Crippen LogP contribution in [0.2, 0.25) is 0 Å². The van der Waals surface area contributed by atoms with Crippen molar-refractivity contribution in [2.24, 2.45) is 5.92 Å². The number of fused-ring (bicyclic) bond motifs is 1. The minimum Gasteiger partial charge on any atom is -0.210 e. The van der Waals surface area contributed by atoms with Gasteiger partial charge in [-0.1, -0.05) is 12.5 Å². The Morgan fingerprint density at radius 2 is 2.29 bits per heavy atom. The molecule has 2 aromatic heterocycles. The van der Waals surface area contributed by atoms with Crippen LogP contribution in [-0.4, -0.2) is 19.6 Å². The van der Waals surface area contributed by atoms with Gasteiger partial charge in [-0.3, -0.25) is 0 Å². The van der Waals surface area contributed by atoms with Crippen molar-refractivity contribution >= 4 is 11.9 Å². The summed E-state index contributed by atoms with van der Waals surface area (Å²) in [6.45, 7) is 2.10. The highest BCUT2D eigenvalue weighted by Gasteiger charge is 2.24. The van der Waals surface area contributed by atoms with Crippen molar-refractivity contribution in [1.82, 2.24) is 19.6 Å². The van der Waals surface area contributed by atoms with E-state index in [2.05, 4.69) is 22.0 Å². The van der Waals surface area contributed by atoms with E-state index in [-0.39, 0.29) is 11.5 Å². The van der Waals surface area contributed by atoms with Crippen LogP contribution in [0.15, 0.2) is 18.0 Å². The summed E-state index contributed by atoms with van der Waals surface area (Å²) < 4.78 is 26.8. The van der Waals surface area contributed by atoms with Crippen LogP contribution in [-0.2, 0) is 0 Å². The first-order chi connectivity index (χ1) is 8.15. The Balaban J connectivity index is 2.17. The molecule has 0 saturated heterocycles. The van der Waals surface area contributed by atoms with Crippen LogP contribution in [0, 0.1) is 5.92 Å². The van der Waals surface area contributed by atoms with Gasteiger partial charge in [0.15, 0.2) is 0 Å². The third-order valence-corrected chi connectivity index (χ3v) is 2.87. The highest BCUT2D eigenvalue weighted by Crippen LogP contribution is 2.38. The van der Waals surface area contributed by atoms with E-state index in [0.29, 0.717) is 11.6 Å². The normalized spacial score (nSPS) is 21.6. The van der Waals surface area contributed by atoms with Crippen molar-refractivity contribution in [3.8, 4) is 0 Å². The molecule has 1 atom stereocenters. The van der Waals surface area contributed by atoms with Crippen molar-refractivity contribution in [2.75, 3.05) is 0 Å². The van der Waals surface area contributed by atoms with E-state index in [4.69, 9.17) is 0 Å². The molecule has 0 aliphatic heterocycles. The van der Waals surface area contributed by atoms with E-state index in [1.807, 2.05) is 6.08 Å². The molecule has 0 aromatic carbocycles. The molecule has 1 saturated carbocycles. The van der Waals surface area contributed by atoms with Gasteiger partial charge in [0.05, 0.1) is 5.69 Å². The second-order valence-electron chi connectivity index (χ2n) is 4.20. The van der Waals surface area contributed by atoms with Gasteiger partial charge in [-0.25, -0.2) is 13.8 Å². The van der Waals surface area contributed by atoms with Crippen molar-refractivity contribution in [3.63, 3.8) is 0 Å². The molecule has 1 aliphatic carbocycles. The predicted octanol–water partition coefficient (Wildman–Crippen LogP) is 2.49. The fourth-order valence-electron chi connectivity index (χ4n) is 1.75. The lowest BCUT2D eigenvalue weighted by Gasteiger charge is -2.02. The number of hydrogen-bond donors (Lipinski definition) is 0. The molecule has 0 spiro atoms. The van der Waals surface area contributed by atoms with Gasteiger partial charge in [0, 0.05) is 0 Å². The Kier molecular flexibility index (Phi) is 2.17. The minimum absolute atomic E-state index is 0.211. The van der Waals surface area contributed by atoms with Crippen LogP contribution < -0.4 is 0 Å². The van der Waals surface area contributed by atoms with Crippen LogP contribution >= 0.6 is 0 Å². The fraction of sp³-hybridized carbons (Fsp3) is 0.364. The van der Waals surface area contributed by atoms with E-state index < -0.39 is 6.43 Å². The second-order valence-corrected chi connectivity index (χ2v) is 4.20. The number of rotatable bonds is 2. The van der Waals surface area contributed by atoms with Crippen LogP contribution in [0.3, 0.4) is 0 Å². The zero-order valence-corrected chi connectivity index (χ0v) is 9.14. The third-order valence-electron chi connectivity index (χ3n) is 2.87. The Labute approximate surface area is 96.0 Å². The molecule has 0 radical (unpaired) electrons. The summed E-state index contributed by atoms with van der Waals surface area (Å²) in [6, 6.07) is 1.37. The monoisotopic (exact) mass is 236 g/mol. The summed E-state index contributed by atoms with van der Waals surface area (Å²) in [5.41, 5.74) is 1.60. The van der Waals surface area contributed by atoms with Gasteiger partial charge in [0.25, 0.3) is 12.2 Å². The summed E-state index contributed by atoms with van der Waals surface area (Å²) in [4.78, 5) is 7.60. The molecular formula is C11H10F2N4. The molecule has 1 unspecified atom stereocenters. The van der Waals surface area contributed by atoms with Crippen LogP contribution in [0.25, 0.3) is 11.9 Å². The second kappa shape index (κ2) is 3.58. The summed E-state index contributed by atoms with van der Waals surface area (Å²) >= 11 is 0. The molecule has 0 N–H and O–H groups in total. The quantitative estimate of drug-likeness (QED) is 0.804. The first kappa shape index (κ1) is 10.3. The van der Waals surface area contributed by atoms with E-state index in [9.17, 15) is 8.78 Å². The first-order valence-electron chi connectivity index (χ1n) is 5.34. The maximum atomic E-state index is 12.7. The Hall–Kier alpha value is -1.85. The summed E-state index contributed by atoms with van der Waals surface area (Å²) in [6.07, 6.45) is 1.63. The molecule has 2 heterocycles. The molecule has 3 rings (SSSR count). The Morgan fingerprint density at radius 1 is 1.53 bits per heavy atom. The molecule has 0 amide bonds. The Bertz CT molecular complexity index is 603. The van der Waals surface area contributed by atoms with Crippen LogP contribution in [0.1, 0.15) is 31.2 Å². The molecule has 17 heavy (non-hydrogen) atoms. The van der Waals surface area contributed by atoms with Crippen molar-refractivity contribution in [1.29, 1.82) is 0 Å². The largest absolute Gasteiger partial charge is 0.280 e. The van der Waals surface area contributed by atoms with Gasteiger partial charge in [-0.15, -0.1) is 0 Å². The Morgan fingerprint density at radius 3 is 2.94 bits per heavy atom. The highest BCUT2D eigenvalue weighted by molar-refractivity contribution is 5.57. The summed E-state index contributed by atoms with van der Waals surface area (Å²) in [7, 11) is 0. The molecule has 2 aromatic rings. The maximum Gasteiger partial charge on any atom is 0.280 e. The molecule has 6 heteroatoms. The molecule has 4 nitrogen and oxygen atoms in total. The lowest BCUT2D eigenvalue weighted by molar-refractivity contribution is 0.146. The van der Waals surface area contributed by atoms with Gasteiger partial charge < -0.3 is 0 Å². The van der Waals surface area contributed by atoms with Gasteiger partial charge >= 0.3 is 0 Å². The molecule has 0 bridgehead atoms. The first-order valence-corrected chi connectivity index (χ1v) is 5.34. The van der Waals surface area contributed by atoms with Gasteiger partial charge in [-0.2, -0.15) is 14.6 Å².